The van der Waals surface area contributed by atoms with Gasteiger partial charge in [-0.15, -0.1) is 0 Å². The summed E-state index contributed by atoms with van der Waals surface area (Å²) in [5.41, 5.74) is 0.694. The van der Waals surface area contributed by atoms with Crippen molar-refractivity contribution in [2.45, 2.75) is 4.90 Å². The van der Waals surface area contributed by atoms with E-state index < -0.39 is 15.9 Å². The molecule has 158 valence electrons. The Kier molecular flexibility index (Phi) is 6.80. The largest absolute Gasteiger partial charge is 0.354 e. The molecule has 2 aromatic carbocycles. The third-order valence-electron chi connectivity index (χ3n) is 4.47. The van der Waals surface area contributed by atoms with E-state index in [1.807, 2.05) is 6.07 Å². The van der Waals surface area contributed by atoms with Crippen molar-refractivity contribution < 1.29 is 22.8 Å². The highest BCUT2D eigenvalue weighted by Crippen LogP contribution is 2.17. The summed E-state index contributed by atoms with van der Waals surface area (Å²) in [6, 6.07) is 14.3. The second-order valence-electron chi connectivity index (χ2n) is 6.59. The molecule has 1 heterocycles. The summed E-state index contributed by atoms with van der Waals surface area (Å²) >= 11 is 0. The average molecular weight is 430 g/mol. The third kappa shape index (κ3) is 5.22. The zero-order chi connectivity index (χ0) is 21.6. The van der Waals surface area contributed by atoms with E-state index in [1.54, 1.807) is 24.3 Å². The van der Waals surface area contributed by atoms with Crippen LogP contribution in [0.25, 0.3) is 0 Å². The van der Waals surface area contributed by atoms with Gasteiger partial charge in [0.25, 0.3) is 11.8 Å². The Balaban J connectivity index is 1.56. The van der Waals surface area contributed by atoms with Crippen molar-refractivity contribution in [1.29, 1.82) is 0 Å². The Bertz CT molecular complexity index is 1040. The van der Waals surface area contributed by atoms with Gasteiger partial charge < -0.3 is 16.0 Å². The van der Waals surface area contributed by atoms with Crippen molar-refractivity contribution in [1.82, 2.24) is 20.3 Å². The summed E-state index contributed by atoms with van der Waals surface area (Å²) in [6.07, 6.45) is 0. The highest BCUT2D eigenvalue weighted by molar-refractivity contribution is 7.89. The lowest BCUT2D eigenvalue weighted by molar-refractivity contribution is -0.122. The minimum atomic E-state index is -3.88. The van der Waals surface area contributed by atoms with Crippen LogP contribution in [0.15, 0.2) is 59.5 Å². The second kappa shape index (κ2) is 9.51. The number of hydrogen-bond acceptors (Lipinski definition) is 5. The fourth-order valence-corrected chi connectivity index (χ4v) is 4.36. The summed E-state index contributed by atoms with van der Waals surface area (Å²) < 4.78 is 26.6. The molecule has 0 unspecified atom stereocenters. The Morgan fingerprint density at radius 2 is 1.57 bits per heavy atom. The molecule has 3 amide bonds. The highest BCUT2D eigenvalue weighted by Gasteiger charge is 2.29. The molecule has 0 saturated carbocycles. The molecule has 0 bridgehead atoms. The van der Waals surface area contributed by atoms with Gasteiger partial charge in [0, 0.05) is 37.3 Å². The van der Waals surface area contributed by atoms with E-state index >= 15 is 0 Å². The van der Waals surface area contributed by atoms with Crippen LogP contribution < -0.4 is 16.0 Å². The second-order valence-corrected chi connectivity index (χ2v) is 8.53. The maximum absolute atomic E-state index is 12.7. The van der Waals surface area contributed by atoms with Gasteiger partial charge in [0.1, 0.15) is 0 Å². The number of piperazine rings is 1. The first-order valence-corrected chi connectivity index (χ1v) is 10.8. The molecule has 30 heavy (non-hydrogen) atoms. The first kappa shape index (κ1) is 21.5. The van der Waals surface area contributed by atoms with Crippen LogP contribution >= 0.6 is 0 Å². The fourth-order valence-electron chi connectivity index (χ4n) is 2.91. The number of amides is 3. The highest BCUT2D eigenvalue weighted by atomic mass is 32.2. The molecule has 10 heteroatoms. The zero-order valence-electron chi connectivity index (χ0n) is 16.1. The number of nitrogens with zero attached hydrogens (tertiary/aromatic N) is 1. The number of benzene rings is 2. The van der Waals surface area contributed by atoms with Crippen LogP contribution in [0.4, 0.5) is 0 Å². The van der Waals surface area contributed by atoms with E-state index in [0.717, 1.165) is 4.31 Å². The summed E-state index contributed by atoms with van der Waals surface area (Å²) in [7, 11) is -3.88. The van der Waals surface area contributed by atoms with Gasteiger partial charge in [-0.3, -0.25) is 14.4 Å². The smallest absolute Gasteiger partial charge is 0.251 e. The van der Waals surface area contributed by atoms with Gasteiger partial charge in [-0.25, -0.2) is 8.42 Å². The summed E-state index contributed by atoms with van der Waals surface area (Å²) in [6.45, 7) is 0.569. The van der Waals surface area contributed by atoms with Gasteiger partial charge in [0.05, 0.1) is 11.4 Å². The first-order chi connectivity index (χ1) is 14.4. The van der Waals surface area contributed by atoms with Crippen LogP contribution in [0.1, 0.15) is 20.7 Å². The third-order valence-corrected chi connectivity index (χ3v) is 6.31. The van der Waals surface area contributed by atoms with Crippen molar-refractivity contribution in [2.75, 3.05) is 32.7 Å². The monoisotopic (exact) mass is 430 g/mol. The van der Waals surface area contributed by atoms with Crippen molar-refractivity contribution in [2.24, 2.45) is 0 Å². The molecule has 1 aliphatic heterocycles. The topological polar surface area (TPSA) is 125 Å². The molecule has 9 nitrogen and oxygen atoms in total. The van der Waals surface area contributed by atoms with E-state index in [9.17, 15) is 22.8 Å². The van der Waals surface area contributed by atoms with E-state index in [1.165, 1.54) is 24.3 Å². The van der Waals surface area contributed by atoms with Crippen LogP contribution in [-0.4, -0.2) is 63.2 Å². The van der Waals surface area contributed by atoms with Crippen molar-refractivity contribution >= 4 is 27.7 Å². The van der Waals surface area contributed by atoms with Crippen molar-refractivity contribution in [3.8, 4) is 0 Å². The van der Waals surface area contributed by atoms with Gasteiger partial charge >= 0.3 is 0 Å². The molecule has 3 rings (SSSR count). The van der Waals surface area contributed by atoms with Gasteiger partial charge in [-0.05, 0) is 30.3 Å². The molecule has 1 saturated heterocycles. The maximum atomic E-state index is 12.7. The van der Waals surface area contributed by atoms with E-state index in [0.29, 0.717) is 5.56 Å². The Morgan fingerprint density at radius 3 is 2.23 bits per heavy atom. The van der Waals surface area contributed by atoms with E-state index in [2.05, 4.69) is 16.0 Å². The molecule has 0 atom stereocenters. The normalized spacial score (nSPS) is 14.6. The fraction of sp³-hybridized carbons (Fsp3) is 0.250. The SMILES string of the molecule is O=C1CN(S(=O)(=O)c2cccc(C(=O)NCCNC(=O)c3ccccc3)c2)CCN1. The number of sulfonamides is 1. The summed E-state index contributed by atoms with van der Waals surface area (Å²) in [5.74, 6) is -1.07. The Labute approximate surface area is 174 Å². The van der Waals surface area contributed by atoms with Crippen LogP contribution in [0.3, 0.4) is 0 Å². The molecular weight excluding hydrogens is 408 g/mol. The van der Waals surface area contributed by atoms with E-state index in [-0.39, 0.29) is 55.0 Å². The maximum Gasteiger partial charge on any atom is 0.251 e. The minimum Gasteiger partial charge on any atom is -0.354 e. The van der Waals surface area contributed by atoms with Gasteiger partial charge in [0.2, 0.25) is 15.9 Å². The quantitative estimate of drug-likeness (QED) is 0.532. The number of carbonyl (C=O) groups excluding carboxylic acids is 3. The average Bonchev–Trinajstić information content (AvgIpc) is 2.77. The zero-order valence-corrected chi connectivity index (χ0v) is 16.9. The molecule has 1 aliphatic rings. The van der Waals surface area contributed by atoms with Gasteiger partial charge in [0.15, 0.2) is 0 Å². The number of nitrogens with one attached hydrogen (secondary N) is 3. The Hall–Kier alpha value is -3.24. The van der Waals surface area contributed by atoms with Crippen LogP contribution in [0.5, 0.6) is 0 Å². The molecule has 0 aromatic heterocycles. The molecule has 3 N–H and O–H groups in total. The lowest BCUT2D eigenvalue weighted by Crippen LogP contribution is -2.49. The molecule has 0 aliphatic carbocycles. The summed E-state index contributed by atoms with van der Waals surface area (Å²) in [5, 5.41) is 7.91. The summed E-state index contributed by atoms with van der Waals surface area (Å²) in [4.78, 5) is 35.8. The molecule has 2 aromatic rings. The van der Waals surface area contributed by atoms with Crippen LogP contribution in [-0.2, 0) is 14.8 Å². The van der Waals surface area contributed by atoms with Gasteiger partial charge in [-0.2, -0.15) is 4.31 Å². The standard InChI is InChI=1S/C20H22N4O5S/c25-18-14-24(12-11-21-18)30(28,29)17-8-4-7-16(13-17)20(27)23-10-9-22-19(26)15-5-2-1-3-6-15/h1-8,13H,9-12,14H2,(H,21,25)(H,22,26)(H,23,27). The molecular formula is C20H22N4O5S. The lowest BCUT2D eigenvalue weighted by atomic mass is 10.2. The van der Waals surface area contributed by atoms with Crippen molar-refractivity contribution in [3.05, 3.63) is 65.7 Å². The number of carbonyl (C=O) groups is 3. The number of rotatable bonds is 7. The predicted octanol–water partition coefficient (Wildman–Crippen LogP) is -0.0331. The molecule has 0 radical (unpaired) electrons. The predicted molar refractivity (Wildman–Crippen MR) is 109 cm³/mol. The Morgan fingerprint density at radius 1 is 0.933 bits per heavy atom. The first-order valence-electron chi connectivity index (χ1n) is 9.36. The van der Waals surface area contributed by atoms with Crippen molar-refractivity contribution in [3.63, 3.8) is 0 Å². The van der Waals surface area contributed by atoms with Crippen LogP contribution in [0.2, 0.25) is 0 Å². The minimum absolute atomic E-state index is 0.0535. The van der Waals surface area contributed by atoms with E-state index in [4.69, 9.17) is 0 Å². The molecule has 0 spiro atoms. The van der Waals surface area contributed by atoms with Crippen LogP contribution in [0, 0.1) is 0 Å². The lowest BCUT2D eigenvalue weighted by Gasteiger charge is -2.26. The number of hydrogen-bond donors (Lipinski definition) is 3. The molecule has 1 fully saturated rings. The van der Waals surface area contributed by atoms with Gasteiger partial charge in [-0.1, -0.05) is 24.3 Å².